The van der Waals surface area contributed by atoms with Crippen LogP contribution < -0.4 is 5.32 Å². The Morgan fingerprint density at radius 3 is 2.70 bits per heavy atom. The molecule has 0 aliphatic heterocycles. The Morgan fingerprint density at radius 1 is 1.33 bits per heavy atom. The molecule has 3 rings (SSSR count). The van der Waals surface area contributed by atoms with Crippen LogP contribution in [-0.2, 0) is 4.79 Å². The molecule has 0 bridgehead atoms. The van der Waals surface area contributed by atoms with E-state index in [4.69, 9.17) is 23.8 Å². The van der Waals surface area contributed by atoms with Crippen molar-refractivity contribution < 1.29 is 9.18 Å². The SMILES string of the molecule is Cc1ccc(NC(=O)C(C)Sc2nn(-c3ccc(Cl)cc3)c(=S)s2)cc1F. The van der Waals surface area contributed by atoms with E-state index >= 15 is 0 Å². The zero-order valence-electron chi connectivity index (χ0n) is 14.4. The zero-order chi connectivity index (χ0) is 19.6. The van der Waals surface area contributed by atoms with Crippen molar-refractivity contribution in [2.45, 2.75) is 23.4 Å². The number of aromatic nitrogens is 2. The highest BCUT2D eigenvalue weighted by molar-refractivity contribution is 8.02. The monoisotopic (exact) mass is 439 g/mol. The normalized spacial score (nSPS) is 12.0. The largest absolute Gasteiger partial charge is 0.325 e. The highest BCUT2D eigenvalue weighted by atomic mass is 35.5. The maximum atomic E-state index is 13.6. The molecule has 4 nitrogen and oxygen atoms in total. The van der Waals surface area contributed by atoms with Crippen LogP contribution in [0, 0.1) is 16.7 Å². The van der Waals surface area contributed by atoms with Crippen molar-refractivity contribution >= 4 is 58.5 Å². The van der Waals surface area contributed by atoms with Crippen molar-refractivity contribution in [2.24, 2.45) is 0 Å². The van der Waals surface area contributed by atoms with Gasteiger partial charge in [-0.1, -0.05) is 40.8 Å². The average molecular weight is 440 g/mol. The van der Waals surface area contributed by atoms with E-state index in [-0.39, 0.29) is 11.7 Å². The van der Waals surface area contributed by atoms with Gasteiger partial charge in [0.15, 0.2) is 8.29 Å². The van der Waals surface area contributed by atoms with Crippen molar-refractivity contribution in [1.29, 1.82) is 0 Å². The summed E-state index contributed by atoms with van der Waals surface area (Å²) in [4.78, 5) is 12.4. The van der Waals surface area contributed by atoms with E-state index < -0.39 is 5.25 Å². The van der Waals surface area contributed by atoms with E-state index in [1.54, 1.807) is 42.8 Å². The Morgan fingerprint density at radius 2 is 2.04 bits per heavy atom. The highest BCUT2D eigenvalue weighted by Gasteiger charge is 2.18. The van der Waals surface area contributed by atoms with Crippen LogP contribution in [0.1, 0.15) is 12.5 Å². The van der Waals surface area contributed by atoms with E-state index in [2.05, 4.69) is 10.4 Å². The fourth-order valence-electron chi connectivity index (χ4n) is 2.17. The third kappa shape index (κ3) is 4.95. The summed E-state index contributed by atoms with van der Waals surface area (Å²) in [5.41, 5.74) is 1.76. The number of thioether (sulfide) groups is 1. The van der Waals surface area contributed by atoms with Gasteiger partial charge in [-0.3, -0.25) is 4.79 Å². The van der Waals surface area contributed by atoms with Gasteiger partial charge in [-0.25, -0.2) is 9.07 Å². The molecule has 2 aromatic carbocycles. The summed E-state index contributed by atoms with van der Waals surface area (Å²) in [7, 11) is 0. The molecule has 0 saturated heterocycles. The Kier molecular flexibility index (Phi) is 6.31. The lowest BCUT2D eigenvalue weighted by molar-refractivity contribution is -0.115. The molecule has 0 spiro atoms. The van der Waals surface area contributed by atoms with Gasteiger partial charge in [0.2, 0.25) is 5.91 Å². The average Bonchev–Trinajstić information content (AvgIpc) is 2.99. The Labute approximate surface area is 174 Å². The molecule has 1 amide bonds. The Hall–Kier alpha value is -1.74. The molecule has 0 saturated carbocycles. The molecule has 0 fully saturated rings. The van der Waals surface area contributed by atoms with Crippen LogP contribution in [0.15, 0.2) is 46.8 Å². The van der Waals surface area contributed by atoms with Crippen molar-refractivity contribution in [3.05, 3.63) is 62.8 Å². The second kappa shape index (κ2) is 8.52. The molecule has 0 radical (unpaired) electrons. The molecule has 1 N–H and O–H groups in total. The smallest absolute Gasteiger partial charge is 0.237 e. The minimum atomic E-state index is -0.423. The van der Waals surface area contributed by atoms with Gasteiger partial charge in [0.05, 0.1) is 10.9 Å². The number of aryl methyl sites for hydroxylation is 1. The summed E-state index contributed by atoms with van der Waals surface area (Å²) in [6, 6.07) is 11.8. The lowest BCUT2D eigenvalue weighted by Gasteiger charge is -2.11. The second-order valence-corrected chi connectivity index (χ2v) is 9.38. The van der Waals surface area contributed by atoms with Crippen LogP contribution in [0.2, 0.25) is 5.02 Å². The third-order valence-electron chi connectivity index (χ3n) is 3.69. The van der Waals surface area contributed by atoms with E-state index in [1.807, 2.05) is 12.1 Å². The van der Waals surface area contributed by atoms with E-state index in [0.717, 1.165) is 5.69 Å². The summed E-state index contributed by atoms with van der Waals surface area (Å²) < 4.78 is 16.5. The molecule has 27 heavy (non-hydrogen) atoms. The zero-order valence-corrected chi connectivity index (χ0v) is 17.6. The topological polar surface area (TPSA) is 46.9 Å². The van der Waals surface area contributed by atoms with Crippen LogP contribution in [0.5, 0.6) is 0 Å². The number of halogens is 2. The first kappa shape index (κ1) is 20.0. The molecular formula is C18H15ClFN3OS3. The molecular weight excluding hydrogens is 425 g/mol. The Balaban J connectivity index is 1.70. The molecule has 1 unspecified atom stereocenters. The quantitative estimate of drug-likeness (QED) is 0.398. The number of nitrogens with zero attached hydrogens (tertiary/aromatic N) is 2. The summed E-state index contributed by atoms with van der Waals surface area (Å²) in [5, 5.41) is 7.40. The van der Waals surface area contributed by atoms with Gasteiger partial charge >= 0.3 is 0 Å². The minimum Gasteiger partial charge on any atom is -0.325 e. The number of benzene rings is 2. The highest BCUT2D eigenvalue weighted by Crippen LogP contribution is 2.28. The van der Waals surface area contributed by atoms with Gasteiger partial charge in [-0.15, -0.1) is 5.10 Å². The van der Waals surface area contributed by atoms with E-state index in [9.17, 15) is 9.18 Å². The predicted octanol–water partition coefficient (Wildman–Crippen LogP) is 5.88. The minimum absolute atomic E-state index is 0.234. The standard InChI is InChI=1S/C18H15ClFN3OS3/c1-10-3-6-13(9-15(10)20)21-16(24)11(2)26-17-22-23(18(25)27-17)14-7-4-12(19)5-8-14/h3-9,11H,1-2H3,(H,21,24). The van der Waals surface area contributed by atoms with E-state index in [0.29, 0.717) is 24.6 Å². The Bertz CT molecular complexity index is 1030. The molecule has 0 aliphatic carbocycles. The first-order chi connectivity index (χ1) is 12.8. The van der Waals surface area contributed by atoms with Gasteiger partial charge in [0.25, 0.3) is 0 Å². The maximum Gasteiger partial charge on any atom is 0.237 e. The summed E-state index contributed by atoms with van der Waals surface area (Å²) >= 11 is 13.9. The first-order valence-corrected chi connectivity index (χ1v) is 10.4. The van der Waals surface area contributed by atoms with Gasteiger partial charge in [0.1, 0.15) is 5.82 Å². The number of nitrogens with one attached hydrogen (secondary N) is 1. The molecule has 3 aromatic rings. The fraction of sp³-hybridized carbons (Fsp3) is 0.167. The maximum absolute atomic E-state index is 13.6. The molecule has 1 heterocycles. The van der Waals surface area contributed by atoms with Crippen molar-refractivity contribution in [2.75, 3.05) is 5.32 Å². The molecule has 0 aliphatic rings. The van der Waals surface area contributed by atoms with Crippen molar-refractivity contribution in [3.8, 4) is 5.69 Å². The van der Waals surface area contributed by atoms with Crippen LogP contribution in [-0.4, -0.2) is 20.9 Å². The number of hydrogen-bond donors (Lipinski definition) is 1. The van der Waals surface area contributed by atoms with Crippen LogP contribution in [0.25, 0.3) is 5.69 Å². The number of rotatable bonds is 5. The van der Waals surface area contributed by atoms with Gasteiger partial charge in [-0.2, -0.15) is 0 Å². The molecule has 9 heteroatoms. The van der Waals surface area contributed by atoms with E-state index in [1.165, 1.54) is 29.2 Å². The van der Waals surface area contributed by atoms with Crippen LogP contribution >= 0.6 is 46.9 Å². The predicted molar refractivity (Wildman–Crippen MR) is 112 cm³/mol. The summed E-state index contributed by atoms with van der Waals surface area (Å²) in [5.74, 6) is -0.588. The van der Waals surface area contributed by atoms with Crippen LogP contribution in [0.4, 0.5) is 10.1 Å². The van der Waals surface area contributed by atoms with Crippen molar-refractivity contribution in [1.82, 2.24) is 9.78 Å². The number of carbonyl (C=O) groups excluding carboxylic acids is 1. The molecule has 140 valence electrons. The molecule has 1 atom stereocenters. The van der Waals surface area contributed by atoms with Crippen LogP contribution in [0.3, 0.4) is 0 Å². The lowest BCUT2D eigenvalue weighted by atomic mass is 10.2. The summed E-state index contributed by atoms with van der Waals surface area (Å²) in [6.07, 6.45) is 0. The first-order valence-electron chi connectivity index (χ1n) is 7.93. The second-order valence-electron chi connectivity index (χ2n) is 5.74. The molecule has 1 aromatic heterocycles. The van der Waals surface area contributed by atoms with Gasteiger partial charge in [-0.05, 0) is 68.0 Å². The number of carbonyl (C=O) groups is 1. The lowest BCUT2D eigenvalue weighted by Crippen LogP contribution is -2.22. The van der Waals surface area contributed by atoms with Crippen molar-refractivity contribution in [3.63, 3.8) is 0 Å². The third-order valence-corrected chi connectivity index (χ3v) is 6.35. The number of hydrogen-bond acceptors (Lipinski definition) is 5. The summed E-state index contributed by atoms with van der Waals surface area (Å²) in [6.45, 7) is 3.44. The van der Waals surface area contributed by atoms with Gasteiger partial charge < -0.3 is 5.32 Å². The number of amides is 1. The number of anilines is 1. The van der Waals surface area contributed by atoms with Gasteiger partial charge in [0, 0.05) is 10.7 Å². The fourth-order valence-corrected chi connectivity index (χ4v) is 4.80.